The Morgan fingerprint density at radius 2 is 2.08 bits per heavy atom. The lowest BCUT2D eigenvalue weighted by Gasteiger charge is -2.25. The van der Waals surface area contributed by atoms with Crippen molar-refractivity contribution < 1.29 is 4.79 Å². The van der Waals surface area contributed by atoms with Crippen molar-refractivity contribution in [2.24, 2.45) is 4.99 Å². The smallest absolute Gasteiger partial charge is 0.240 e. The van der Waals surface area contributed by atoms with Gasteiger partial charge in [0, 0.05) is 36.6 Å². The van der Waals surface area contributed by atoms with E-state index in [4.69, 9.17) is 11.6 Å². The molecule has 0 aliphatic heterocycles. The molecule has 0 saturated heterocycles. The first kappa shape index (κ1) is 22.0. The molecule has 0 bridgehead atoms. The summed E-state index contributed by atoms with van der Waals surface area (Å²) in [6, 6.07) is 8.30. The fourth-order valence-electron chi connectivity index (χ4n) is 2.72. The molecular weight excluding hydrogens is 451 g/mol. The maximum Gasteiger partial charge on any atom is 0.240 e. The van der Waals surface area contributed by atoms with Gasteiger partial charge in [0.1, 0.15) is 0 Å². The third-order valence-corrected chi connectivity index (χ3v) is 4.09. The number of benzene rings is 1. The highest BCUT2D eigenvalue weighted by molar-refractivity contribution is 14.0. The number of nitrogens with one attached hydrogen (secondary N) is 2. The molecule has 0 heterocycles. The van der Waals surface area contributed by atoms with Gasteiger partial charge < -0.3 is 15.5 Å². The predicted octanol–water partition coefficient (Wildman–Crippen LogP) is 3.24. The van der Waals surface area contributed by atoms with Crippen LogP contribution in [0.25, 0.3) is 0 Å². The summed E-state index contributed by atoms with van der Waals surface area (Å²) >= 11 is 6.06. The minimum atomic E-state index is -0.233. The van der Waals surface area contributed by atoms with Gasteiger partial charge in [-0.05, 0) is 44.9 Å². The monoisotopic (exact) mass is 478 g/mol. The van der Waals surface area contributed by atoms with Crippen molar-refractivity contribution in [2.45, 2.75) is 44.7 Å². The molecule has 2 atom stereocenters. The topological polar surface area (TPSA) is 56.7 Å². The van der Waals surface area contributed by atoms with Crippen LogP contribution in [-0.4, -0.2) is 49.0 Å². The fraction of sp³-hybridized carbons (Fsp3) is 0.556. The molecular formula is C18H28ClIN4O. The van der Waals surface area contributed by atoms with Crippen molar-refractivity contribution in [3.05, 3.63) is 34.9 Å². The first-order valence-corrected chi connectivity index (χ1v) is 8.58. The zero-order chi connectivity index (χ0) is 17.9. The summed E-state index contributed by atoms with van der Waals surface area (Å²) in [6.45, 7) is 6.18. The van der Waals surface area contributed by atoms with Crippen LogP contribution in [0, 0.1) is 0 Å². The predicted molar refractivity (Wildman–Crippen MR) is 115 cm³/mol. The number of halogens is 2. The Kier molecular flexibility index (Phi) is 7.99. The van der Waals surface area contributed by atoms with Crippen LogP contribution in [0.3, 0.4) is 0 Å². The van der Waals surface area contributed by atoms with Crippen molar-refractivity contribution in [1.29, 1.82) is 0 Å². The van der Waals surface area contributed by atoms with Crippen LogP contribution in [0.5, 0.6) is 0 Å². The van der Waals surface area contributed by atoms with Gasteiger partial charge in [0.15, 0.2) is 5.96 Å². The zero-order valence-corrected chi connectivity index (χ0v) is 18.6. The Balaban J connectivity index is 0.00000312. The van der Waals surface area contributed by atoms with Crippen LogP contribution in [-0.2, 0) is 4.79 Å². The molecule has 1 amide bonds. The third kappa shape index (κ3) is 7.01. The average Bonchev–Trinajstić information content (AvgIpc) is 3.21. The summed E-state index contributed by atoms with van der Waals surface area (Å²) in [4.78, 5) is 18.2. The molecule has 2 N–H and O–H groups in total. The molecule has 1 saturated carbocycles. The van der Waals surface area contributed by atoms with E-state index >= 15 is 0 Å². The largest absolute Gasteiger partial charge is 0.353 e. The van der Waals surface area contributed by atoms with Gasteiger partial charge in [-0.3, -0.25) is 9.79 Å². The quantitative estimate of drug-likeness (QED) is 0.397. The van der Waals surface area contributed by atoms with Crippen molar-refractivity contribution in [3.63, 3.8) is 0 Å². The highest BCUT2D eigenvalue weighted by Gasteiger charge is 2.39. The molecule has 0 spiro atoms. The van der Waals surface area contributed by atoms with Crippen molar-refractivity contribution >= 4 is 47.4 Å². The molecule has 140 valence electrons. The maximum atomic E-state index is 12.1. The average molecular weight is 479 g/mol. The fourth-order valence-corrected chi connectivity index (χ4v) is 2.92. The molecule has 2 unspecified atom stereocenters. The van der Waals surface area contributed by atoms with E-state index in [1.807, 2.05) is 50.9 Å². The van der Waals surface area contributed by atoms with E-state index in [-0.39, 0.29) is 42.0 Å². The lowest BCUT2D eigenvalue weighted by Crippen LogP contribution is -2.49. The Labute approximate surface area is 172 Å². The molecule has 1 aliphatic rings. The van der Waals surface area contributed by atoms with Gasteiger partial charge in [-0.1, -0.05) is 23.7 Å². The summed E-state index contributed by atoms with van der Waals surface area (Å²) in [5.41, 5.74) is 1.01. The summed E-state index contributed by atoms with van der Waals surface area (Å²) < 4.78 is 0. The number of aliphatic imine (C=N–C) groups is 1. The van der Waals surface area contributed by atoms with Gasteiger partial charge in [-0.25, -0.2) is 0 Å². The van der Waals surface area contributed by atoms with Gasteiger partial charge in [0.25, 0.3) is 0 Å². The number of nitrogens with zero attached hydrogens (tertiary/aromatic N) is 2. The number of hydrogen-bond acceptors (Lipinski definition) is 2. The van der Waals surface area contributed by atoms with E-state index in [1.54, 1.807) is 7.05 Å². The van der Waals surface area contributed by atoms with Crippen LogP contribution >= 0.6 is 35.6 Å². The van der Waals surface area contributed by atoms with E-state index in [9.17, 15) is 4.79 Å². The number of amides is 1. The second kappa shape index (κ2) is 9.07. The van der Waals surface area contributed by atoms with Gasteiger partial charge in [-0.15, -0.1) is 24.0 Å². The molecule has 1 aliphatic carbocycles. The summed E-state index contributed by atoms with van der Waals surface area (Å²) in [5, 5.41) is 7.15. The van der Waals surface area contributed by atoms with Crippen LogP contribution in [0.2, 0.25) is 5.02 Å². The minimum Gasteiger partial charge on any atom is -0.353 e. The van der Waals surface area contributed by atoms with Crippen LogP contribution < -0.4 is 10.6 Å². The number of hydrogen-bond donors (Lipinski definition) is 2. The molecule has 7 heteroatoms. The molecule has 0 aromatic heterocycles. The molecule has 5 nitrogen and oxygen atoms in total. The van der Waals surface area contributed by atoms with Gasteiger partial charge in [0.2, 0.25) is 5.91 Å². The number of carbonyl (C=O) groups excluding carboxylic acids is 1. The van der Waals surface area contributed by atoms with Crippen LogP contribution in [0.15, 0.2) is 29.3 Å². The highest BCUT2D eigenvalue weighted by atomic mass is 127. The third-order valence-electron chi connectivity index (χ3n) is 3.85. The Bertz CT molecular complexity index is 630. The first-order chi connectivity index (χ1) is 11.2. The van der Waals surface area contributed by atoms with E-state index in [1.165, 1.54) is 5.56 Å². The Morgan fingerprint density at radius 3 is 2.64 bits per heavy atom. The lowest BCUT2D eigenvalue weighted by molar-refractivity contribution is -0.122. The number of carbonyl (C=O) groups is 1. The Hall–Kier alpha value is -1.02. The Morgan fingerprint density at radius 1 is 1.40 bits per heavy atom. The van der Waals surface area contributed by atoms with Crippen LogP contribution in [0.4, 0.5) is 0 Å². The van der Waals surface area contributed by atoms with Crippen LogP contribution in [0.1, 0.15) is 38.7 Å². The minimum absolute atomic E-state index is 0. The molecule has 1 aromatic carbocycles. The number of guanidine groups is 1. The second-order valence-electron chi connectivity index (χ2n) is 7.35. The second-order valence-corrected chi connectivity index (χ2v) is 7.79. The number of likely N-dealkylation sites (N-methyl/N-ethyl adjacent to an activating group) is 1. The standard InChI is InChI=1S/C18H27ClN4O.HI/c1-18(2,3)22-16(24)11-23(5)17(20-4)21-15-10-14(15)12-7-6-8-13(19)9-12;/h6-9,14-15H,10-11H2,1-5H3,(H,20,21)(H,22,24);1H. The maximum absolute atomic E-state index is 12.1. The van der Waals surface area contributed by atoms with E-state index < -0.39 is 0 Å². The van der Waals surface area contributed by atoms with Gasteiger partial charge >= 0.3 is 0 Å². The first-order valence-electron chi connectivity index (χ1n) is 8.20. The van der Waals surface area contributed by atoms with Crippen molar-refractivity contribution in [1.82, 2.24) is 15.5 Å². The molecule has 2 rings (SSSR count). The van der Waals surface area contributed by atoms with E-state index in [0.29, 0.717) is 12.0 Å². The zero-order valence-electron chi connectivity index (χ0n) is 15.5. The van der Waals surface area contributed by atoms with Crippen molar-refractivity contribution in [3.8, 4) is 0 Å². The van der Waals surface area contributed by atoms with Crippen molar-refractivity contribution in [2.75, 3.05) is 20.6 Å². The molecule has 1 aromatic rings. The molecule has 25 heavy (non-hydrogen) atoms. The summed E-state index contributed by atoms with van der Waals surface area (Å²) in [6.07, 6.45) is 1.04. The van der Waals surface area contributed by atoms with E-state index in [0.717, 1.165) is 17.4 Å². The van der Waals surface area contributed by atoms with Gasteiger partial charge in [0.05, 0.1) is 6.54 Å². The summed E-state index contributed by atoms with van der Waals surface area (Å²) in [7, 11) is 3.60. The number of rotatable bonds is 4. The van der Waals surface area contributed by atoms with E-state index in [2.05, 4.69) is 21.7 Å². The SMILES string of the molecule is CN=C(NC1CC1c1cccc(Cl)c1)N(C)CC(=O)NC(C)(C)C.I. The highest BCUT2D eigenvalue weighted by Crippen LogP contribution is 2.41. The lowest BCUT2D eigenvalue weighted by atomic mass is 10.1. The molecule has 1 fully saturated rings. The normalized spacial score (nSPS) is 19.7. The van der Waals surface area contributed by atoms with Gasteiger partial charge in [-0.2, -0.15) is 0 Å². The molecule has 0 radical (unpaired) electrons. The summed E-state index contributed by atoms with van der Waals surface area (Å²) in [5.74, 6) is 1.15.